The van der Waals surface area contributed by atoms with E-state index in [0.29, 0.717) is 25.3 Å². The average Bonchev–Trinajstić information content (AvgIpc) is 3.20. The van der Waals surface area contributed by atoms with Crippen molar-refractivity contribution in [2.24, 2.45) is 0 Å². The quantitative estimate of drug-likeness (QED) is 0.294. The predicted octanol–water partition coefficient (Wildman–Crippen LogP) is 2.87. The molecule has 2 aliphatic heterocycles. The van der Waals surface area contributed by atoms with Gasteiger partial charge in [-0.1, -0.05) is 30.3 Å². The summed E-state index contributed by atoms with van der Waals surface area (Å²) in [5, 5.41) is 9.15. The molecule has 2 heterocycles. The maximum Gasteiger partial charge on any atom is 0.410 e. The van der Waals surface area contributed by atoms with E-state index in [9.17, 15) is 18.0 Å². The van der Waals surface area contributed by atoms with Gasteiger partial charge in [0.25, 0.3) is 5.91 Å². The molecule has 11 heteroatoms. The highest BCUT2D eigenvalue weighted by molar-refractivity contribution is 7.93. The molecule has 0 aliphatic carbocycles. The van der Waals surface area contributed by atoms with E-state index in [4.69, 9.17) is 19.4 Å². The van der Waals surface area contributed by atoms with Gasteiger partial charge in [0.2, 0.25) is 0 Å². The number of nitrogens with one attached hydrogen (secondary N) is 1. The number of ether oxygens (including phenoxy) is 3. The van der Waals surface area contributed by atoms with Crippen LogP contribution in [0.3, 0.4) is 0 Å². The average molecular weight is 519 g/mol. The topological polar surface area (TPSA) is 131 Å². The molecule has 2 aromatic rings. The molecule has 2 aliphatic rings. The standard InChI is InChI=1S/C25H30N2O8S/c1-18-22(19-6-3-2-4-7-19)35-24(29)27(18)14-5-15-34-20-8-10-21(11-9-20)36(31,32)25(23(28)26-30)12-16-33-17-13-25/h2-4,6-11,18,22,30H,5,12-17H2,1H3,(H,26,28)/t18-,22+/m1/s1. The summed E-state index contributed by atoms with van der Waals surface area (Å²) in [6.45, 7) is 2.92. The zero-order valence-electron chi connectivity index (χ0n) is 20.0. The number of hydrogen-bond acceptors (Lipinski definition) is 8. The predicted molar refractivity (Wildman–Crippen MR) is 128 cm³/mol. The molecule has 0 radical (unpaired) electrons. The van der Waals surface area contributed by atoms with Gasteiger partial charge in [0.15, 0.2) is 14.6 Å². The normalized spacial score (nSPS) is 21.6. The minimum atomic E-state index is -4.09. The second-order valence-corrected chi connectivity index (χ2v) is 11.1. The molecule has 0 aromatic heterocycles. The summed E-state index contributed by atoms with van der Waals surface area (Å²) in [6, 6.07) is 15.3. The first-order valence-electron chi connectivity index (χ1n) is 11.8. The molecule has 2 aromatic carbocycles. The molecule has 0 unspecified atom stereocenters. The van der Waals surface area contributed by atoms with Gasteiger partial charge in [0, 0.05) is 19.8 Å². The van der Waals surface area contributed by atoms with E-state index in [1.54, 1.807) is 4.90 Å². The van der Waals surface area contributed by atoms with Gasteiger partial charge < -0.3 is 19.1 Å². The van der Waals surface area contributed by atoms with E-state index in [0.717, 1.165) is 5.56 Å². The first-order chi connectivity index (χ1) is 17.3. The Labute approximate surface area is 210 Å². The molecule has 2 N–H and O–H groups in total. The number of carbonyl (C=O) groups excluding carboxylic acids is 2. The van der Waals surface area contributed by atoms with E-state index >= 15 is 0 Å². The van der Waals surface area contributed by atoms with Crippen molar-refractivity contribution in [2.45, 2.75) is 48.0 Å². The molecule has 2 amide bonds. The summed E-state index contributed by atoms with van der Waals surface area (Å²) >= 11 is 0. The van der Waals surface area contributed by atoms with Crippen LogP contribution in [0.4, 0.5) is 4.79 Å². The fourth-order valence-electron chi connectivity index (χ4n) is 4.68. The number of nitrogens with zero attached hydrogens (tertiary/aromatic N) is 1. The number of cyclic esters (lactones) is 1. The molecule has 2 fully saturated rings. The summed E-state index contributed by atoms with van der Waals surface area (Å²) in [6.07, 6.45) is -0.230. The molecule has 2 saturated heterocycles. The molecular weight excluding hydrogens is 488 g/mol. The van der Waals surface area contributed by atoms with Gasteiger partial charge in [-0.05, 0) is 56.0 Å². The Morgan fingerprint density at radius 3 is 2.44 bits per heavy atom. The second kappa shape index (κ2) is 10.9. The zero-order chi connectivity index (χ0) is 25.8. The van der Waals surface area contributed by atoms with Crippen molar-refractivity contribution >= 4 is 21.8 Å². The van der Waals surface area contributed by atoms with Crippen LogP contribution in [0.15, 0.2) is 59.5 Å². The number of hydrogen-bond donors (Lipinski definition) is 2. The van der Waals surface area contributed by atoms with Gasteiger partial charge in [0.1, 0.15) is 11.9 Å². The van der Waals surface area contributed by atoms with Crippen LogP contribution in [0.2, 0.25) is 0 Å². The number of amides is 2. The highest BCUT2D eigenvalue weighted by Crippen LogP contribution is 2.36. The minimum Gasteiger partial charge on any atom is -0.494 e. The van der Waals surface area contributed by atoms with Crippen LogP contribution in [-0.4, -0.2) is 67.7 Å². The van der Waals surface area contributed by atoms with Gasteiger partial charge in [0.05, 0.1) is 17.5 Å². The van der Waals surface area contributed by atoms with Crippen LogP contribution in [0.5, 0.6) is 5.75 Å². The minimum absolute atomic E-state index is 0.0408. The van der Waals surface area contributed by atoms with E-state index in [-0.39, 0.29) is 49.2 Å². The lowest BCUT2D eigenvalue weighted by atomic mass is 9.98. The van der Waals surface area contributed by atoms with Crippen LogP contribution in [0.25, 0.3) is 0 Å². The van der Waals surface area contributed by atoms with E-state index in [1.807, 2.05) is 37.3 Å². The fourth-order valence-corrected chi connectivity index (χ4v) is 6.61. The Kier molecular flexibility index (Phi) is 7.82. The van der Waals surface area contributed by atoms with Crippen LogP contribution < -0.4 is 10.2 Å². The lowest BCUT2D eigenvalue weighted by molar-refractivity contribution is -0.134. The first-order valence-corrected chi connectivity index (χ1v) is 13.3. The van der Waals surface area contributed by atoms with E-state index in [1.165, 1.54) is 29.7 Å². The molecule has 36 heavy (non-hydrogen) atoms. The van der Waals surface area contributed by atoms with Crippen LogP contribution in [0, 0.1) is 0 Å². The highest BCUT2D eigenvalue weighted by Gasteiger charge is 2.52. The van der Waals surface area contributed by atoms with Crippen LogP contribution >= 0.6 is 0 Å². The van der Waals surface area contributed by atoms with Crippen LogP contribution in [0.1, 0.15) is 37.9 Å². The smallest absolute Gasteiger partial charge is 0.410 e. The summed E-state index contributed by atoms with van der Waals surface area (Å²) in [4.78, 5) is 26.3. The highest BCUT2D eigenvalue weighted by atomic mass is 32.2. The third kappa shape index (κ3) is 4.91. The number of benzene rings is 2. The third-order valence-corrected chi connectivity index (χ3v) is 9.31. The third-order valence-electron chi connectivity index (χ3n) is 6.80. The number of rotatable bonds is 9. The Bertz CT molecular complexity index is 1160. The Morgan fingerprint density at radius 2 is 1.81 bits per heavy atom. The van der Waals surface area contributed by atoms with Crippen molar-refractivity contribution in [1.82, 2.24) is 10.4 Å². The van der Waals surface area contributed by atoms with Crippen molar-refractivity contribution in [3.8, 4) is 5.75 Å². The molecule has 0 bridgehead atoms. The number of carbonyl (C=O) groups is 2. The molecule has 194 valence electrons. The first kappa shape index (κ1) is 25.9. The van der Waals surface area contributed by atoms with Gasteiger partial charge >= 0.3 is 6.09 Å². The number of sulfone groups is 1. The largest absolute Gasteiger partial charge is 0.494 e. The van der Waals surface area contributed by atoms with Crippen molar-refractivity contribution < 1.29 is 37.4 Å². The van der Waals surface area contributed by atoms with E-state index in [2.05, 4.69) is 0 Å². The van der Waals surface area contributed by atoms with Crippen molar-refractivity contribution in [2.75, 3.05) is 26.4 Å². The monoisotopic (exact) mass is 518 g/mol. The SMILES string of the molecule is C[C@@H]1[C@@H](c2ccccc2)OC(=O)N1CCCOc1ccc(S(=O)(=O)C2(C(=O)NO)CCOCC2)cc1. The van der Waals surface area contributed by atoms with Gasteiger partial charge in [-0.3, -0.25) is 10.0 Å². The lowest BCUT2D eigenvalue weighted by Crippen LogP contribution is -2.54. The fraction of sp³-hybridized carbons (Fsp3) is 0.440. The van der Waals surface area contributed by atoms with Crippen molar-refractivity contribution in [3.05, 3.63) is 60.2 Å². The van der Waals surface area contributed by atoms with Crippen LogP contribution in [-0.2, 0) is 24.1 Å². The van der Waals surface area contributed by atoms with Gasteiger partial charge in [-0.15, -0.1) is 0 Å². The molecule has 2 atom stereocenters. The van der Waals surface area contributed by atoms with Gasteiger partial charge in [-0.2, -0.15) is 0 Å². The summed E-state index contributed by atoms with van der Waals surface area (Å²) < 4.78 is 41.3. The van der Waals surface area contributed by atoms with Crippen molar-refractivity contribution in [1.29, 1.82) is 0 Å². The van der Waals surface area contributed by atoms with E-state index < -0.39 is 20.5 Å². The molecule has 10 nitrogen and oxygen atoms in total. The summed E-state index contributed by atoms with van der Waals surface area (Å²) in [7, 11) is -4.09. The maximum absolute atomic E-state index is 13.3. The second-order valence-electron chi connectivity index (χ2n) is 8.87. The molecule has 0 saturated carbocycles. The molecule has 0 spiro atoms. The summed E-state index contributed by atoms with van der Waals surface area (Å²) in [5.41, 5.74) is 2.45. The molecule has 4 rings (SSSR count). The number of hydroxylamine groups is 1. The van der Waals surface area contributed by atoms with Gasteiger partial charge in [-0.25, -0.2) is 18.7 Å². The Balaban J connectivity index is 1.33. The Hall–Kier alpha value is -3.15. The maximum atomic E-state index is 13.3. The lowest BCUT2D eigenvalue weighted by Gasteiger charge is -2.34. The zero-order valence-corrected chi connectivity index (χ0v) is 20.8. The Morgan fingerprint density at radius 1 is 1.14 bits per heavy atom. The summed E-state index contributed by atoms with van der Waals surface area (Å²) in [5.74, 6) is -0.504. The molecular formula is C25H30N2O8S. The van der Waals surface area contributed by atoms with Crippen molar-refractivity contribution in [3.63, 3.8) is 0 Å².